The molecule has 7 heteroatoms. The van der Waals surface area contributed by atoms with E-state index in [-0.39, 0.29) is 28.4 Å². The summed E-state index contributed by atoms with van der Waals surface area (Å²) in [6.07, 6.45) is 0. The van der Waals surface area contributed by atoms with Crippen LogP contribution in [0.3, 0.4) is 0 Å². The van der Waals surface area contributed by atoms with Crippen molar-refractivity contribution in [3.05, 3.63) is 28.5 Å². The van der Waals surface area contributed by atoms with E-state index in [0.717, 1.165) is 12.1 Å². The Morgan fingerprint density at radius 2 is 2.00 bits per heavy atom. The van der Waals surface area contributed by atoms with Gasteiger partial charge < -0.3 is 5.11 Å². The Morgan fingerprint density at radius 1 is 1.42 bits per heavy atom. The third-order valence-electron chi connectivity index (χ3n) is 3.49. The molecule has 19 heavy (non-hydrogen) atoms. The average Bonchev–Trinajstić information content (AvgIpc) is 2.23. The smallest absolute Gasteiger partial charge is 0.244 e. The Hall–Kier alpha value is -0.500. The third kappa shape index (κ3) is 2.56. The zero-order valence-electron chi connectivity index (χ0n) is 10.6. The second-order valence-corrected chi connectivity index (χ2v) is 7.87. The highest BCUT2D eigenvalue weighted by Gasteiger charge is 2.49. The van der Waals surface area contributed by atoms with E-state index in [9.17, 15) is 17.9 Å². The lowest BCUT2D eigenvalue weighted by Gasteiger charge is -2.47. The first-order valence-electron chi connectivity index (χ1n) is 5.84. The lowest BCUT2D eigenvalue weighted by Crippen LogP contribution is -2.65. The van der Waals surface area contributed by atoms with E-state index in [1.165, 1.54) is 10.4 Å². The molecule has 0 aliphatic carbocycles. The molecule has 0 bridgehead atoms. The van der Waals surface area contributed by atoms with Crippen molar-refractivity contribution in [3.8, 4) is 0 Å². The van der Waals surface area contributed by atoms with Crippen molar-refractivity contribution in [1.29, 1.82) is 0 Å². The van der Waals surface area contributed by atoms with E-state index in [4.69, 9.17) is 0 Å². The van der Waals surface area contributed by atoms with Gasteiger partial charge in [0.05, 0.1) is 10.5 Å². The molecule has 1 heterocycles. The minimum atomic E-state index is -3.69. The molecule has 0 aromatic heterocycles. The van der Waals surface area contributed by atoms with Crippen LogP contribution in [0.4, 0.5) is 4.39 Å². The van der Waals surface area contributed by atoms with Gasteiger partial charge in [-0.15, -0.1) is 0 Å². The number of aliphatic hydroxyl groups is 1. The Kier molecular flexibility index (Phi) is 3.77. The van der Waals surface area contributed by atoms with Crippen LogP contribution in [0.1, 0.15) is 13.8 Å². The summed E-state index contributed by atoms with van der Waals surface area (Å²) in [5, 5.41) is 10.1. The molecule has 106 valence electrons. The molecular formula is C12H15BrFNO3S. The summed E-state index contributed by atoms with van der Waals surface area (Å²) in [6.45, 7) is 3.82. The van der Waals surface area contributed by atoms with Crippen LogP contribution in [0.2, 0.25) is 0 Å². The van der Waals surface area contributed by atoms with Crippen molar-refractivity contribution < 1.29 is 17.9 Å². The zero-order chi connectivity index (χ0) is 14.4. The zero-order valence-corrected chi connectivity index (χ0v) is 13.0. The highest BCUT2D eigenvalue weighted by Crippen LogP contribution is 2.35. The van der Waals surface area contributed by atoms with Gasteiger partial charge in [-0.3, -0.25) is 0 Å². The Balaban J connectivity index is 2.26. The van der Waals surface area contributed by atoms with Crippen molar-refractivity contribution in [2.75, 3.05) is 13.1 Å². The van der Waals surface area contributed by atoms with Gasteiger partial charge in [-0.25, -0.2) is 12.8 Å². The Labute approximate surface area is 120 Å². The van der Waals surface area contributed by atoms with E-state index < -0.39 is 21.4 Å². The molecule has 1 aliphatic rings. The molecule has 1 N–H and O–H groups in total. The van der Waals surface area contributed by atoms with Gasteiger partial charge in [0.15, 0.2) is 0 Å². The highest BCUT2D eigenvalue weighted by atomic mass is 79.9. The first-order valence-corrected chi connectivity index (χ1v) is 8.08. The van der Waals surface area contributed by atoms with Gasteiger partial charge in [-0.2, -0.15) is 4.31 Å². The van der Waals surface area contributed by atoms with E-state index in [1.54, 1.807) is 0 Å². The molecule has 1 aromatic carbocycles. The van der Waals surface area contributed by atoms with Crippen LogP contribution in [0, 0.1) is 11.7 Å². The van der Waals surface area contributed by atoms with Crippen LogP contribution in [-0.4, -0.2) is 36.5 Å². The number of β-amino-alcohol motifs (C(OH)–C–C–N with tert-alkyl or cyclic N) is 1. The second kappa shape index (κ2) is 4.80. The average molecular weight is 352 g/mol. The molecule has 1 fully saturated rings. The number of rotatable bonds is 3. The fraction of sp³-hybridized carbons (Fsp3) is 0.500. The summed E-state index contributed by atoms with van der Waals surface area (Å²) < 4.78 is 39.0. The Morgan fingerprint density at radius 3 is 2.47 bits per heavy atom. The lowest BCUT2D eigenvalue weighted by molar-refractivity contribution is -0.0932. The van der Waals surface area contributed by atoms with Crippen LogP contribution in [0.25, 0.3) is 0 Å². The third-order valence-corrected chi connectivity index (χ3v) is 6.26. The number of hydrogen-bond donors (Lipinski definition) is 1. The maximum Gasteiger partial charge on any atom is 0.244 e. The highest BCUT2D eigenvalue weighted by molar-refractivity contribution is 9.10. The standard InChI is InChI=1S/C12H15BrFNO3S/c1-8(2)12(16)6-15(7-12)19(17,18)11-4-3-9(14)5-10(11)13/h3-5,8,16H,6-7H2,1-2H3. The number of benzene rings is 1. The van der Waals surface area contributed by atoms with Gasteiger partial charge in [-0.05, 0) is 40.0 Å². The first-order chi connectivity index (χ1) is 8.67. The molecule has 0 amide bonds. The summed E-state index contributed by atoms with van der Waals surface area (Å²) in [5.41, 5.74) is -0.973. The van der Waals surface area contributed by atoms with Gasteiger partial charge >= 0.3 is 0 Å². The molecule has 0 spiro atoms. The normalized spacial score (nSPS) is 19.5. The summed E-state index contributed by atoms with van der Waals surface area (Å²) in [4.78, 5) is 0.0136. The summed E-state index contributed by atoms with van der Waals surface area (Å²) in [5.74, 6) is -0.524. The van der Waals surface area contributed by atoms with E-state index in [1.807, 2.05) is 13.8 Å². The molecule has 0 radical (unpaired) electrons. The van der Waals surface area contributed by atoms with Gasteiger partial charge in [0.1, 0.15) is 5.82 Å². The van der Waals surface area contributed by atoms with Crippen LogP contribution < -0.4 is 0 Å². The lowest BCUT2D eigenvalue weighted by atomic mass is 9.85. The van der Waals surface area contributed by atoms with Gasteiger partial charge in [0.2, 0.25) is 10.0 Å². The SMILES string of the molecule is CC(C)C1(O)CN(S(=O)(=O)c2ccc(F)cc2Br)C1. The molecule has 2 rings (SSSR count). The molecule has 1 saturated heterocycles. The maximum atomic E-state index is 13.0. The molecular weight excluding hydrogens is 337 g/mol. The van der Waals surface area contributed by atoms with Gasteiger partial charge in [0.25, 0.3) is 0 Å². The number of nitrogens with zero attached hydrogens (tertiary/aromatic N) is 1. The van der Waals surface area contributed by atoms with Crippen molar-refractivity contribution in [1.82, 2.24) is 4.31 Å². The van der Waals surface area contributed by atoms with Gasteiger partial charge in [0, 0.05) is 17.6 Å². The fourth-order valence-electron chi connectivity index (χ4n) is 1.92. The van der Waals surface area contributed by atoms with Crippen LogP contribution in [0.15, 0.2) is 27.6 Å². The summed E-state index contributed by atoms with van der Waals surface area (Å²) in [7, 11) is -3.69. The van der Waals surface area contributed by atoms with E-state index in [0.29, 0.717) is 0 Å². The molecule has 1 aliphatic heterocycles. The second-order valence-electron chi connectivity index (χ2n) is 5.11. The van der Waals surface area contributed by atoms with Crippen molar-refractivity contribution in [2.24, 2.45) is 5.92 Å². The van der Waals surface area contributed by atoms with Crippen LogP contribution >= 0.6 is 15.9 Å². The molecule has 0 atom stereocenters. The topological polar surface area (TPSA) is 57.6 Å². The Bertz CT molecular complexity index is 597. The minimum absolute atomic E-state index is 0.0136. The molecule has 0 saturated carbocycles. The van der Waals surface area contributed by atoms with E-state index >= 15 is 0 Å². The molecule has 1 aromatic rings. The van der Waals surface area contributed by atoms with Crippen LogP contribution in [0.5, 0.6) is 0 Å². The number of halogens is 2. The van der Waals surface area contributed by atoms with Crippen LogP contribution in [-0.2, 0) is 10.0 Å². The largest absolute Gasteiger partial charge is 0.387 e. The maximum absolute atomic E-state index is 13.0. The summed E-state index contributed by atoms with van der Waals surface area (Å²) >= 11 is 3.05. The number of sulfonamides is 1. The predicted octanol–water partition coefficient (Wildman–Crippen LogP) is 1.98. The fourth-order valence-corrected chi connectivity index (χ4v) is 4.50. The number of hydrogen-bond acceptors (Lipinski definition) is 3. The first kappa shape index (κ1) is 14.9. The monoisotopic (exact) mass is 351 g/mol. The quantitative estimate of drug-likeness (QED) is 0.905. The van der Waals surface area contributed by atoms with Crippen molar-refractivity contribution >= 4 is 26.0 Å². The predicted molar refractivity (Wildman–Crippen MR) is 72.6 cm³/mol. The van der Waals surface area contributed by atoms with Crippen molar-refractivity contribution in [2.45, 2.75) is 24.3 Å². The van der Waals surface area contributed by atoms with E-state index in [2.05, 4.69) is 15.9 Å². The summed E-state index contributed by atoms with van der Waals surface area (Å²) in [6, 6.07) is 3.44. The van der Waals surface area contributed by atoms with Crippen molar-refractivity contribution in [3.63, 3.8) is 0 Å². The minimum Gasteiger partial charge on any atom is -0.387 e. The van der Waals surface area contributed by atoms with Gasteiger partial charge in [-0.1, -0.05) is 13.8 Å². The molecule has 4 nitrogen and oxygen atoms in total. The molecule has 0 unspecified atom stereocenters.